The van der Waals surface area contributed by atoms with Crippen molar-refractivity contribution >= 4 is 11.8 Å². The smallest absolute Gasteiger partial charge is 0.303 e. The molecule has 0 spiro atoms. The summed E-state index contributed by atoms with van der Waals surface area (Å²) >= 11 is 0. The van der Waals surface area contributed by atoms with Gasteiger partial charge in [0.1, 0.15) is 5.82 Å². The number of rotatable bonds is 7. The average molecular weight is 314 g/mol. The molecule has 0 saturated heterocycles. The first-order valence-electron chi connectivity index (χ1n) is 7.68. The fourth-order valence-corrected chi connectivity index (χ4v) is 2.20. The third-order valence-electron chi connectivity index (χ3n) is 3.51. The molecule has 0 aliphatic heterocycles. The van der Waals surface area contributed by atoms with E-state index in [1.54, 1.807) is 12.4 Å². The van der Waals surface area contributed by atoms with E-state index in [-0.39, 0.29) is 12.0 Å². The molecule has 0 saturated carbocycles. The predicted molar refractivity (Wildman–Crippen MR) is 89.2 cm³/mol. The number of nitrogens with one attached hydrogen (secondary N) is 1. The van der Waals surface area contributed by atoms with Crippen LogP contribution < -0.4 is 5.32 Å². The van der Waals surface area contributed by atoms with Gasteiger partial charge in [-0.2, -0.15) is 0 Å². The second-order valence-corrected chi connectivity index (χ2v) is 6.06. The SMILES string of the molecule is CCc1cc(NC(C)(C)CCC(=O)O)nc(-c2ccncc2)n1. The monoisotopic (exact) mass is 314 g/mol. The Hall–Kier alpha value is -2.50. The molecule has 2 aromatic rings. The van der Waals surface area contributed by atoms with Crippen LogP contribution in [0.15, 0.2) is 30.6 Å². The summed E-state index contributed by atoms with van der Waals surface area (Å²) in [5, 5.41) is 12.2. The molecule has 2 rings (SSSR count). The van der Waals surface area contributed by atoms with Gasteiger partial charge < -0.3 is 10.4 Å². The van der Waals surface area contributed by atoms with Gasteiger partial charge in [0.05, 0.1) is 0 Å². The number of carboxylic acid groups (broad SMARTS) is 1. The standard InChI is InChI=1S/C17H22N4O2/c1-4-13-11-14(21-17(2,3)8-5-15(22)23)20-16(19-13)12-6-9-18-10-7-12/h6-7,9-11H,4-5,8H2,1-3H3,(H,22,23)(H,19,20,21). The van der Waals surface area contributed by atoms with Gasteiger partial charge in [-0.3, -0.25) is 9.78 Å². The van der Waals surface area contributed by atoms with E-state index in [2.05, 4.69) is 20.3 Å². The highest BCUT2D eigenvalue weighted by Crippen LogP contribution is 2.22. The van der Waals surface area contributed by atoms with Gasteiger partial charge in [0.25, 0.3) is 0 Å². The molecule has 0 aromatic carbocycles. The Morgan fingerprint density at radius 1 is 1.26 bits per heavy atom. The van der Waals surface area contributed by atoms with Gasteiger partial charge in [-0.05, 0) is 38.8 Å². The van der Waals surface area contributed by atoms with Crippen LogP contribution >= 0.6 is 0 Å². The molecule has 0 unspecified atom stereocenters. The number of hydrogen-bond acceptors (Lipinski definition) is 5. The number of nitrogens with zero attached hydrogens (tertiary/aromatic N) is 3. The molecule has 6 nitrogen and oxygen atoms in total. The number of carboxylic acids is 1. The first-order chi connectivity index (χ1) is 10.9. The summed E-state index contributed by atoms with van der Waals surface area (Å²) in [5.74, 6) is 0.552. The molecular formula is C17H22N4O2. The Bertz CT molecular complexity index is 672. The van der Waals surface area contributed by atoms with E-state index in [1.165, 1.54) is 0 Å². The molecule has 2 heterocycles. The molecule has 6 heteroatoms. The fraction of sp³-hybridized carbons (Fsp3) is 0.412. The molecule has 0 bridgehead atoms. The summed E-state index contributed by atoms with van der Waals surface area (Å²) in [6.07, 6.45) is 4.84. The first-order valence-corrected chi connectivity index (χ1v) is 7.68. The summed E-state index contributed by atoms with van der Waals surface area (Å²) in [5.41, 5.74) is 1.47. The Kier molecular flexibility index (Phi) is 5.26. The summed E-state index contributed by atoms with van der Waals surface area (Å²) < 4.78 is 0. The van der Waals surface area contributed by atoms with E-state index in [1.807, 2.05) is 39.0 Å². The minimum atomic E-state index is -0.797. The summed E-state index contributed by atoms with van der Waals surface area (Å²) in [7, 11) is 0. The van der Waals surface area contributed by atoms with Crippen molar-refractivity contribution in [2.24, 2.45) is 0 Å². The molecular weight excluding hydrogens is 292 g/mol. The van der Waals surface area contributed by atoms with Crippen LogP contribution in [0.4, 0.5) is 5.82 Å². The van der Waals surface area contributed by atoms with Crippen LogP contribution in [0.1, 0.15) is 39.3 Å². The number of anilines is 1. The highest BCUT2D eigenvalue weighted by atomic mass is 16.4. The second-order valence-electron chi connectivity index (χ2n) is 6.06. The molecule has 0 radical (unpaired) electrons. The third kappa shape index (κ3) is 5.02. The van der Waals surface area contributed by atoms with Crippen molar-refractivity contribution in [2.75, 3.05) is 5.32 Å². The van der Waals surface area contributed by atoms with E-state index < -0.39 is 5.97 Å². The van der Waals surface area contributed by atoms with Gasteiger partial charge in [0, 0.05) is 41.7 Å². The normalized spacial score (nSPS) is 11.3. The highest BCUT2D eigenvalue weighted by Gasteiger charge is 2.20. The Balaban J connectivity index is 2.26. The molecule has 122 valence electrons. The van der Waals surface area contributed by atoms with Crippen molar-refractivity contribution in [3.8, 4) is 11.4 Å². The maximum atomic E-state index is 10.8. The lowest BCUT2D eigenvalue weighted by atomic mass is 9.98. The molecule has 0 aliphatic carbocycles. The van der Waals surface area contributed by atoms with Crippen molar-refractivity contribution < 1.29 is 9.90 Å². The van der Waals surface area contributed by atoms with Crippen molar-refractivity contribution in [1.82, 2.24) is 15.0 Å². The van der Waals surface area contributed by atoms with Crippen LogP contribution in [-0.4, -0.2) is 31.6 Å². The Morgan fingerprint density at radius 2 is 1.96 bits per heavy atom. The number of aromatic nitrogens is 3. The first kappa shape index (κ1) is 16.9. The zero-order valence-electron chi connectivity index (χ0n) is 13.7. The summed E-state index contributed by atoms with van der Waals surface area (Å²) in [6.45, 7) is 5.98. The number of carbonyl (C=O) groups is 1. The van der Waals surface area contributed by atoms with Crippen molar-refractivity contribution in [1.29, 1.82) is 0 Å². The minimum absolute atomic E-state index is 0.114. The fourth-order valence-electron chi connectivity index (χ4n) is 2.20. The number of aryl methyl sites for hydroxylation is 1. The minimum Gasteiger partial charge on any atom is -0.481 e. The van der Waals surface area contributed by atoms with Gasteiger partial charge in [0.2, 0.25) is 0 Å². The molecule has 0 aliphatic rings. The van der Waals surface area contributed by atoms with Gasteiger partial charge in [-0.25, -0.2) is 9.97 Å². The topological polar surface area (TPSA) is 88.0 Å². The Morgan fingerprint density at radius 3 is 2.57 bits per heavy atom. The van der Waals surface area contributed by atoms with Crippen molar-refractivity contribution in [2.45, 2.75) is 45.6 Å². The van der Waals surface area contributed by atoms with Crippen LogP contribution in [0.5, 0.6) is 0 Å². The van der Waals surface area contributed by atoms with E-state index >= 15 is 0 Å². The Labute approximate surface area is 136 Å². The van der Waals surface area contributed by atoms with Crippen LogP contribution in [-0.2, 0) is 11.2 Å². The van der Waals surface area contributed by atoms with E-state index in [0.29, 0.717) is 18.1 Å². The third-order valence-corrected chi connectivity index (χ3v) is 3.51. The number of pyridine rings is 1. The summed E-state index contributed by atoms with van der Waals surface area (Å²) in [6, 6.07) is 5.65. The lowest BCUT2D eigenvalue weighted by Crippen LogP contribution is -2.32. The molecule has 0 atom stereocenters. The van der Waals surface area contributed by atoms with Crippen molar-refractivity contribution in [3.05, 3.63) is 36.3 Å². The summed E-state index contributed by atoms with van der Waals surface area (Å²) in [4.78, 5) is 23.9. The maximum Gasteiger partial charge on any atom is 0.303 e. The van der Waals surface area contributed by atoms with E-state index in [0.717, 1.165) is 17.7 Å². The van der Waals surface area contributed by atoms with Crippen LogP contribution in [0.25, 0.3) is 11.4 Å². The van der Waals surface area contributed by atoms with Gasteiger partial charge in [-0.15, -0.1) is 0 Å². The van der Waals surface area contributed by atoms with Crippen LogP contribution in [0.2, 0.25) is 0 Å². The molecule has 23 heavy (non-hydrogen) atoms. The molecule has 0 fully saturated rings. The van der Waals surface area contributed by atoms with Gasteiger partial charge >= 0.3 is 5.97 Å². The second kappa shape index (κ2) is 7.17. The predicted octanol–water partition coefficient (Wildman–Crippen LogP) is 3.16. The van der Waals surface area contributed by atoms with Crippen LogP contribution in [0, 0.1) is 0 Å². The zero-order chi connectivity index (χ0) is 16.9. The number of hydrogen-bond donors (Lipinski definition) is 2. The molecule has 2 aromatic heterocycles. The van der Waals surface area contributed by atoms with Gasteiger partial charge in [0.15, 0.2) is 5.82 Å². The lowest BCUT2D eigenvalue weighted by molar-refractivity contribution is -0.137. The van der Waals surface area contributed by atoms with Gasteiger partial charge in [-0.1, -0.05) is 6.92 Å². The zero-order valence-corrected chi connectivity index (χ0v) is 13.7. The van der Waals surface area contributed by atoms with E-state index in [4.69, 9.17) is 5.11 Å². The highest BCUT2D eigenvalue weighted by molar-refractivity contribution is 5.67. The molecule has 2 N–H and O–H groups in total. The molecule has 0 amide bonds. The van der Waals surface area contributed by atoms with Crippen LogP contribution in [0.3, 0.4) is 0 Å². The number of aliphatic carboxylic acids is 1. The quantitative estimate of drug-likeness (QED) is 0.816. The maximum absolute atomic E-state index is 10.8. The van der Waals surface area contributed by atoms with E-state index in [9.17, 15) is 4.79 Å². The largest absolute Gasteiger partial charge is 0.481 e. The lowest BCUT2D eigenvalue weighted by Gasteiger charge is -2.26. The van der Waals surface area contributed by atoms with Crippen molar-refractivity contribution in [3.63, 3.8) is 0 Å². The average Bonchev–Trinajstić information content (AvgIpc) is 2.53.